The van der Waals surface area contributed by atoms with E-state index < -0.39 is 34.0 Å². The third-order valence-corrected chi connectivity index (χ3v) is 3.83. The lowest BCUT2D eigenvalue weighted by Crippen LogP contribution is -2.05. The van der Waals surface area contributed by atoms with E-state index in [9.17, 15) is 22.0 Å². The van der Waals surface area contributed by atoms with E-state index in [1.54, 1.807) is 0 Å². The first kappa shape index (κ1) is 15.8. The van der Waals surface area contributed by atoms with E-state index in [0.717, 1.165) is 0 Å². The average molecular weight is 342 g/mol. The van der Waals surface area contributed by atoms with E-state index in [4.69, 9.17) is 16.7 Å². The van der Waals surface area contributed by atoms with E-state index in [2.05, 4.69) is 4.98 Å². The first-order chi connectivity index (χ1) is 9.68. The molecule has 9 heteroatoms. The molecule has 21 heavy (non-hydrogen) atoms. The van der Waals surface area contributed by atoms with Crippen LogP contribution in [0.5, 0.6) is 5.75 Å². The number of aromatic nitrogens is 1. The normalized spacial score (nSPS) is 11.7. The zero-order valence-corrected chi connectivity index (χ0v) is 11.5. The van der Waals surface area contributed by atoms with Gasteiger partial charge in [-0.05, 0) is 6.07 Å². The summed E-state index contributed by atoms with van der Waals surface area (Å²) in [4.78, 5) is 2.93. The van der Waals surface area contributed by atoms with Crippen molar-refractivity contribution in [1.29, 1.82) is 0 Å². The number of alkyl halides is 3. The van der Waals surface area contributed by atoms with Gasteiger partial charge in [0.2, 0.25) is 0 Å². The summed E-state index contributed by atoms with van der Waals surface area (Å²) in [6.07, 6.45) is -4.10. The first-order valence-corrected chi connectivity index (χ1v) is 6.46. The average Bonchev–Trinajstić information content (AvgIpc) is 2.33. The molecule has 0 aliphatic rings. The van der Waals surface area contributed by atoms with Crippen molar-refractivity contribution in [2.45, 2.75) is 16.1 Å². The lowest BCUT2D eigenvalue weighted by molar-refractivity contribution is -0.137. The van der Waals surface area contributed by atoms with Crippen molar-refractivity contribution in [2.75, 3.05) is 0 Å². The van der Waals surface area contributed by atoms with Crippen LogP contribution in [0.1, 0.15) is 5.56 Å². The van der Waals surface area contributed by atoms with Crippen LogP contribution < -0.4 is 0 Å². The topological polar surface area (TPSA) is 33.1 Å². The summed E-state index contributed by atoms with van der Waals surface area (Å²) in [5, 5.41) is 8.43. The fourth-order valence-corrected chi connectivity index (χ4v) is 2.45. The van der Waals surface area contributed by atoms with Gasteiger partial charge in [0.25, 0.3) is 0 Å². The molecule has 2 rings (SSSR count). The molecule has 0 saturated carbocycles. The highest BCUT2D eigenvalue weighted by molar-refractivity contribution is 7.99. The Morgan fingerprint density at radius 3 is 2.14 bits per heavy atom. The van der Waals surface area contributed by atoms with Gasteiger partial charge in [-0.1, -0.05) is 23.4 Å². The third kappa shape index (κ3) is 3.56. The lowest BCUT2D eigenvalue weighted by Gasteiger charge is -2.09. The summed E-state index contributed by atoms with van der Waals surface area (Å²) >= 11 is 6.07. The highest BCUT2D eigenvalue weighted by Crippen LogP contribution is 2.38. The van der Waals surface area contributed by atoms with Crippen molar-refractivity contribution in [3.8, 4) is 5.75 Å². The Hall–Kier alpha value is -1.54. The molecule has 0 atom stereocenters. The molecule has 0 amide bonds. The van der Waals surface area contributed by atoms with Crippen LogP contribution in [0, 0.1) is 11.6 Å². The molecule has 2 nitrogen and oxygen atoms in total. The summed E-state index contributed by atoms with van der Waals surface area (Å²) < 4.78 is 64.4. The predicted molar refractivity (Wildman–Crippen MR) is 66.4 cm³/mol. The molecule has 0 radical (unpaired) electrons. The quantitative estimate of drug-likeness (QED) is 0.790. The molecule has 0 aliphatic heterocycles. The Bertz CT molecular complexity index is 669. The van der Waals surface area contributed by atoms with Gasteiger partial charge in [-0.25, -0.2) is 13.8 Å². The van der Waals surface area contributed by atoms with Crippen LogP contribution >= 0.6 is 23.4 Å². The molecular formula is C12H5ClF5NOS. The Kier molecular flexibility index (Phi) is 4.29. The summed E-state index contributed by atoms with van der Waals surface area (Å²) in [6, 6.07) is 1.96. The van der Waals surface area contributed by atoms with Gasteiger partial charge in [-0.2, -0.15) is 13.2 Å². The second kappa shape index (κ2) is 5.69. The van der Waals surface area contributed by atoms with E-state index in [0.29, 0.717) is 36.2 Å². The second-order valence-electron chi connectivity index (χ2n) is 3.85. The minimum atomic E-state index is -4.62. The molecule has 112 valence electrons. The van der Waals surface area contributed by atoms with E-state index in [1.165, 1.54) is 0 Å². The standard InChI is InChI=1S/C12H5ClF5NOS/c13-7-1-5(12(16,17)18)4-19-11(7)21-10-8(14)2-6(20)3-9(10)15/h1-4,20H. The minimum Gasteiger partial charge on any atom is -0.508 e. The third-order valence-electron chi connectivity index (χ3n) is 2.32. The minimum absolute atomic E-state index is 0.187. The number of pyridine rings is 1. The molecule has 1 aromatic carbocycles. The summed E-state index contributed by atoms with van der Waals surface area (Å²) in [5.41, 5.74) is -1.07. The van der Waals surface area contributed by atoms with Crippen molar-refractivity contribution < 1.29 is 27.1 Å². The van der Waals surface area contributed by atoms with Gasteiger partial charge in [-0.3, -0.25) is 0 Å². The van der Waals surface area contributed by atoms with E-state index in [1.807, 2.05) is 0 Å². The van der Waals surface area contributed by atoms with E-state index in [-0.39, 0.29) is 10.0 Å². The maximum atomic E-state index is 13.5. The van der Waals surface area contributed by atoms with Gasteiger partial charge in [-0.15, -0.1) is 0 Å². The van der Waals surface area contributed by atoms with Crippen molar-refractivity contribution in [3.05, 3.63) is 46.6 Å². The molecule has 2 aromatic rings. The number of phenolic OH excluding ortho intramolecular Hbond substituents is 1. The molecule has 0 unspecified atom stereocenters. The smallest absolute Gasteiger partial charge is 0.417 e. The highest BCUT2D eigenvalue weighted by Gasteiger charge is 2.31. The zero-order valence-electron chi connectivity index (χ0n) is 9.88. The molecule has 1 N–H and O–H groups in total. The lowest BCUT2D eigenvalue weighted by atomic mass is 10.3. The van der Waals surface area contributed by atoms with Gasteiger partial charge < -0.3 is 5.11 Å². The molecule has 0 aliphatic carbocycles. The van der Waals surface area contributed by atoms with Gasteiger partial charge in [0.1, 0.15) is 22.4 Å². The van der Waals surface area contributed by atoms with Gasteiger partial charge in [0.05, 0.1) is 15.5 Å². The molecule has 1 aromatic heterocycles. The Labute approximate surface area is 124 Å². The Morgan fingerprint density at radius 2 is 1.67 bits per heavy atom. The molecule has 0 spiro atoms. The number of halogens is 6. The highest BCUT2D eigenvalue weighted by atomic mass is 35.5. The number of phenols is 1. The SMILES string of the molecule is Oc1cc(F)c(Sc2ncc(C(F)(F)F)cc2Cl)c(F)c1. The predicted octanol–water partition coefficient (Wildman–Crippen LogP) is 4.89. The van der Waals surface area contributed by atoms with Crippen LogP contribution in [-0.2, 0) is 6.18 Å². The summed E-state index contributed by atoms with van der Waals surface area (Å²) in [7, 11) is 0. The van der Waals surface area contributed by atoms with Crippen LogP contribution in [0.3, 0.4) is 0 Å². The number of hydrogen-bond acceptors (Lipinski definition) is 3. The number of benzene rings is 1. The molecule has 0 bridgehead atoms. The van der Waals surface area contributed by atoms with Crippen LogP contribution in [-0.4, -0.2) is 10.1 Å². The zero-order chi connectivity index (χ0) is 15.8. The van der Waals surface area contributed by atoms with Crippen LogP contribution in [0.2, 0.25) is 5.02 Å². The van der Waals surface area contributed by atoms with Crippen molar-refractivity contribution in [1.82, 2.24) is 4.98 Å². The maximum absolute atomic E-state index is 13.5. The molecule has 0 saturated heterocycles. The van der Waals surface area contributed by atoms with Crippen LogP contribution in [0.25, 0.3) is 0 Å². The van der Waals surface area contributed by atoms with Crippen LogP contribution in [0.15, 0.2) is 34.3 Å². The van der Waals surface area contributed by atoms with Crippen molar-refractivity contribution in [3.63, 3.8) is 0 Å². The van der Waals surface area contributed by atoms with Gasteiger partial charge >= 0.3 is 6.18 Å². The van der Waals surface area contributed by atoms with E-state index >= 15 is 0 Å². The van der Waals surface area contributed by atoms with Gasteiger partial charge in [0, 0.05) is 18.3 Å². The summed E-state index contributed by atoms with van der Waals surface area (Å²) in [5.74, 6) is -2.76. The van der Waals surface area contributed by atoms with Crippen molar-refractivity contribution in [2.24, 2.45) is 0 Å². The number of hydrogen-bond donors (Lipinski definition) is 1. The Morgan fingerprint density at radius 1 is 1.10 bits per heavy atom. The number of rotatable bonds is 2. The molecular weight excluding hydrogens is 337 g/mol. The second-order valence-corrected chi connectivity index (χ2v) is 5.26. The maximum Gasteiger partial charge on any atom is 0.417 e. The molecule has 0 fully saturated rings. The fourth-order valence-electron chi connectivity index (χ4n) is 1.40. The first-order valence-electron chi connectivity index (χ1n) is 5.27. The van der Waals surface area contributed by atoms with Gasteiger partial charge in [0.15, 0.2) is 0 Å². The number of nitrogens with zero attached hydrogens (tertiary/aromatic N) is 1. The Balaban J connectivity index is 2.37. The van der Waals surface area contributed by atoms with Crippen LogP contribution in [0.4, 0.5) is 22.0 Å². The van der Waals surface area contributed by atoms with Crippen molar-refractivity contribution >= 4 is 23.4 Å². The largest absolute Gasteiger partial charge is 0.508 e. The fraction of sp³-hybridized carbons (Fsp3) is 0.0833. The summed E-state index contributed by atoms with van der Waals surface area (Å²) in [6.45, 7) is 0. The monoisotopic (exact) mass is 341 g/mol. The number of aromatic hydroxyl groups is 1. The molecule has 1 heterocycles.